The molecule has 4 heavy (non-hydrogen) atoms. The van der Waals surface area contributed by atoms with Gasteiger partial charge in [0.05, 0.1) is 0 Å². The van der Waals surface area contributed by atoms with E-state index in [1.807, 2.05) is 9.39 Å². The zero-order valence-corrected chi connectivity index (χ0v) is 3.09. The Hall–Kier alpha value is -0.190. The molecule has 0 rings (SSSR count). The first-order valence-electron chi connectivity index (χ1n) is 0.686. The summed E-state index contributed by atoms with van der Waals surface area (Å²) in [4.78, 5) is 8.86. The average molecular weight is 75.0 g/mol. The molecule has 0 aromatic carbocycles. The van der Waals surface area contributed by atoms with Gasteiger partial charge in [-0.15, -0.1) is 0 Å². The van der Waals surface area contributed by atoms with Gasteiger partial charge in [-0.05, 0) is 0 Å². The predicted molar refractivity (Wildman–Crippen MR) is 17.8 cm³/mol. The molecule has 0 aliphatic heterocycles. The highest BCUT2D eigenvalue weighted by molar-refractivity contribution is 7.14. The zero-order chi connectivity index (χ0) is 3.41. The van der Waals surface area contributed by atoms with Crippen molar-refractivity contribution in [1.82, 2.24) is 0 Å². The number of isocyanates is 1. The van der Waals surface area contributed by atoms with Crippen LogP contribution in [0.4, 0.5) is 0 Å². The summed E-state index contributed by atoms with van der Waals surface area (Å²) in [5.41, 5.74) is 0. The SMILES string of the molecule is O=C=NP. The third kappa shape index (κ3) is 1.81. The summed E-state index contributed by atoms with van der Waals surface area (Å²) >= 11 is 0. The van der Waals surface area contributed by atoms with Crippen molar-refractivity contribution >= 4 is 15.5 Å². The van der Waals surface area contributed by atoms with Crippen LogP contribution >= 0.6 is 9.39 Å². The van der Waals surface area contributed by atoms with Gasteiger partial charge in [0, 0.05) is 9.39 Å². The van der Waals surface area contributed by atoms with Crippen LogP contribution in [-0.4, -0.2) is 6.08 Å². The third-order valence-electron chi connectivity index (χ3n) is 0.0527. The van der Waals surface area contributed by atoms with Crippen LogP contribution in [0.25, 0.3) is 0 Å². The number of carbonyl (C=O) groups excluding carboxylic acids is 1. The summed E-state index contributed by atoms with van der Waals surface area (Å²) in [6.07, 6.45) is 1.27. The van der Waals surface area contributed by atoms with Crippen LogP contribution in [0.2, 0.25) is 0 Å². The van der Waals surface area contributed by atoms with Crippen molar-refractivity contribution in [2.24, 2.45) is 4.76 Å². The van der Waals surface area contributed by atoms with Gasteiger partial charge in [0.1, 0.15) is 0 Å². The summed E-state index contributed by atoms with van der Waals surface area (Å²) in [5.74, 6) is 0. The van der Waals surface area contributed by atoms with Crippen molar-refractivity contribution < 1.29 is 4.79 Å². The molecule has 22 valence electrons. The van der Waals surface area contributed by atoms with Gasteiger partial charge in [-0.25, -0.2) is 4.79 Å². The van der Waals surface area contributed by atoms with E-state index in [4.69, 9.17) is 4.79 Å². The quantitative estimate of drug-likeness (QED) is 0.228. The van der Waals surface area contributed by atoms with E-state index in [1.54, 1.807) is 0 Å². The molecule has 1 atom stereocenters. The fourth-order valence-corrected chi connectivity index (χ4v) is 0. The minimum atomic E-state index is 1.27. The average Bonchev–Trinajstić information content (AvgIpc) is 1.37. The summed E-state index contributed by atoms with van der Waals surface area (Å²) in [5, 5.41) is 0. The zero-order valence-electron chi connectivity index (χ0n) is 1.93. The van der Waals surface area contributed by atoms with E-state index in [-0.39, 0.29) is 0 Å². The van der Waals surface area contributed by atoms with E-state index in [2.05, 4.69) is 4.76 Å². The fourth-order valence-electron chi connectivity index (χ4n) is 0. The summed E-state index contributed by atoms with van der Waals surface area (Å²) in [6, 6.07) is 0. The Morgan fingerprint density at radius 1 is 2.00 bits per heavy atom. The lowest BCUT2D eigenvalue weighted by Gasteiger charge is -1.36. The molecule has 0 aromatic rings. The maximum atomic E-state index is 8.86. The highest BCUT2D eigenvalue weighted by atomic mass is 31.0. The van der Waals surface area contributed by atoms with Crippen LogP contribution < -0.4 is 0 Å². The van der Waals surface area contributed by atoms with Crippen molar-refractivity contribution in [3.8, 4) is 0 Å². The number of hydrogen-bond acceptors (Lipinski definition) is 2. The van der Waals surface area contributed by atoms with Crippen molar-refractivity contribution in [2.75, 3.05) is 0 Å². The first-order valence-corrected chi connectivity index (χ1v) is 1.20. The molecule has 2 nitrogen and oxygen atoms in total. The second-order valence-electron chi connectivity index (χ2n) is 0.220. The van der Waals surface area contributed by atoms with Crippen molar-refractivity contribution in [3.63, 3.8) is 0 Å². The summed E-state index contributed by atoms with van der Waals surface area (Å²) in [7, 11) is 1.86. The van der Waals surface area contributed by atoms with Gasteiger partial charge in [-0.1, -0.05) is 0 Å². The normalized spacial score (nSPS) is 4.25. The van der Waals surface area contributed by atoms with Crippen molar-refractivity contribution in [1.29, 1.82) is 0 Å². The van der Waals surface area contributed by atoms with Gasteiger partial charge in [0.15, 0.2) is 0 Å². The lowest BCUT2D eigenvalue weighted by molar-refractivity contribution is 0.566. The van der Waals surface area contributed by atoms with E-state index < -0.39 is 0 Å². The van der Waals surface area contributed by atoms with E-state index >= 15 is 0 Å². The molecule has 3 heteroatoms. The molecule has 0 aliphatic carbocycles. The smallest absolute Gasteiger partial charge is 0.211 e. The minimum Gasteiger partial charge on any atom is -0.211 e. The molecular formula is CH2NOP. The Bertz CT molecular complexity index is 46.0. The molecule has 0 radical (unpaired) electrons. The van der Waals surface area contributed by atoms with Crippen molar-refractivity contribution in [3.05, 3.63) is 0 Å². The topological polar surface area (TPSA) is 29.4 Å². The molecule has 0 amide bonds. The number of hydrogen-bond donors (Lipinski definition) is 0. The van der Waals surface area contributed by atoms with Crippen LogP contribution in [0.3, 0.4) is 0 Å². The molecular weight excluding hydrogens is 73.0 g/mol. The maximum absolute atomic E-state index is 8.86. The van der Waals surface area contributed by atoms with Crippen LogP contribution in [0.15, 0.2) is 4.76 Å². The molecule has 0 heterocycles. The third-order valence-corrected chi connectivity index (χ3v) is 0.158. The van der Waals surface area contributed by atoms with Crippen molar-refractivity contribution in [2.45, 2.75) is 0 Å². The Labute approximate surface area is 26.2 Å². The van der Waals surface area contributed by atoms with Crippen LogP contribution in [0, 0.1) is 0 Å². The number of rotatable bonds is 0. The van der Waals surface area contributed by atoms with E-state index in [9.17, 15) is 0 Å². The predicted octanol–water partition coefficient (Wildman–Crippen LogP) is 0.112. The first-order chi connectivity index (χ1) is 1.91. The molecule has 0 N–H and O–H groups in total. The van der Waals surface area contributed by atoms with Gasteiger partial charge in [-0.2, -0.15) is 4.76 Å². The second kappa shape index (κ2) is 2.81. The second-order valence-corrected chi connectivity index (χ2v) is 0.479. The Kier molecular flexibility index (Phi) is 2.68. The Balaban J connectivity index is 3.11. The van der Waals surface area contributed by atoms with Gasteiger partial charge < -0.3 is 0 Å². The van der Waals surface area contributed by atoms with Gasteiger partial charge >= 0.3 is 0 Å². The number of nitrogens with zero attached hydrogens (tertiary/aromatic N) is 1. The molecule has 0 aliphatic rings. The standard InChI is InChI=1S/CH2NOP/c3-1-2-4/h4H2. The van der Waals surface area contributed by atoms with Gasteiger partial charge in [0.25, 0.3) is 0 Å². The Morgan fingerprint density at radius 2 is 2.25 bits per heavy atom. The van der Waals surface area contributed by atoms with Crippen LogP contribution in [0.1, 0.15) is 0 Å². The highest BCUT2D eigenvalue weighted by Gasteiger charge is 1.29. The molecule has 0 saturated carbocycles. The minimum absolute atomic E-state index is 1.27. The lowest BCUT2D eigenvalue weighted by atomic mass is 11.7. The lowest BCUT2D eigenvalue weighted by Crippen LogP contribution is -1.25. The van der Waals surface area contributed by atoms with Gasteiger partial charge in [-0.3, -0.25) is 0 Å². The molecule has 0 aromatic heterocycles. The van der Waals surface area contributed by atoms with Gasteiger partial charge in [0.2, 0.25) is 6.08 Å². The molecule has 0 fully saturated rings. The Morgan fingerprint density at radius 3 is 2.25 bits per heavy atom. The molecule has 0 spiro atoms. The molecule has 1 unspecified atom stereocenters. The molecule has 0 saturated heterocycles. The summed E-state index contributed by atoms with van der Waals surface area (Å²) < 4.78 is 2.85. The largest absolute Gasteiger partial charge is 0.238 e. The fraction of sp³-hybridized carbons (Fsp3) is 0. The van der Waals surface area contributed by atoms with E-state index in [0.29, 0.717) is 0 Å². The maximum Gasteiger partial charge on any atom is 0.238 e. The first kappa shape index (κ1) is 3.81. The summed E-state index contributed by atoms with van der Waals surface area (Å²) in [6.45, 7) is 0. The van der Waals surface area contributed by atoms with E-state index in [1.165, 1.54) is 6.08 Å². The molecule has 0 bridgehead atoms. The highest BCUT2D eigenvalue weighted by Crippen LogP contribution is 1.69. The van der Waals surface area contributed by atoms with E-state index in [0.717, 1.165) is 0 Å². The van der Waals surface area contributed by atoms with Crippen LogP contribution in [-0.2, 0) is 4.79 Å². The van der Waals surface area contributed by atoms with Crippen LogP contribution in [0.5, 0.6) is 0 Å². The monoisotopic (exact) mass is 75.0 g/mol.